The Morgan fingerprint density at radius 2 is 2.06 bits per heavy atom. The normalized spacial score (nSPS) is 11.1. The summed E-state index contributed by atoms with van der Waals surface area (Å²) in [4.78, 5) is 8.11. The molecule has 0 amide bonds. The van der Waals surface area contributed by atoms with E-state index >= 15 is 0 Å². The summed E-state index contributed by atoms with van der Waals surface area (Å²) in [6.07, 6.45) is 1.38. The zero-order valence-electron chi connectivity index (χ0n) is 8.81. The Hall–Kier alpha value is -1.17. The smallest absolute Gasteiger partial charge is 0.198 e. The van der Waals surface area contributed by atoms with Gasteiger partial charge in [-0.3, -0.25) is 0 Å². The Balaban J connectivity index is 2.34. The number of hydrogen-bond acceptors (Lipinski definition) is 3. The van der Waals surface area contributed by atoms with E-state index in [-0.39, 0.29) is 0 Å². The van der Waals surface area contributed by atoms with Gasteiger partial charge in [-0.15, -0.1) is 0 Å². The number of benzene rings is 1. The summed E-state index contributed by atoms with van der Waals surface area (Å²) in [7, 11) is 0. The minimum absolute atomic E-state index is 0.304. The topological polar surface area (TPSA) is 43.1 Å². The van der Waals surface area contributed by atoms with Gasteiger partial charge >= 0.3 is 0 Å². The van der Waals surface area contributed by atoms with Crippen LogP contribution in [0.4, 0.5) is 0 Å². The van der Waals surface area contributed by atoms with Crippen LogP contribution in [-0.2, 0) is 0 Å². The van der Waals surface area contributed by atoms with Gasteiger partial charge in [0.05, 0.1) is 5.56 Å². The van der Waals surface area contributed by atoms with E-state index in [1.165, 1.54) is 10.8 Å². The van der Waals surface area contributed by atoms with Crippen molar-refractivity contribution in [1.29, 1.82) is 0 Å². The van der Waals surface area contributed by atoms with Crippen LogP contribution >= 0.6 is 39.1 Å². The Kier molecular flexibility index (Phi) is 2.97. The van der Waals surface area contributed by atoms with Gasteiger partial charge < -0.3 is 0 Å². The second-order valence-corrected chi connectivity index (χ2v) is 5.18. The molecule has 2 aromatic heterocycles. The Bertz CT molecular complexity index is 741. The molecule has 0 spiro atoms. The van der Waals surface area contributed by atoms with Crippen molar-refractivity contribution in [2.75, 3.05) is 0 Å². The second-order valence-electron chi connectivity index (χ2n) is 3.55. The van der Waals surface area contributed by atoms with E-state index in [0.29, 0.717) is 21.6 Å². The maximum Gasteiger partial charge on any atom is 0.255 e. The van der Waals surface area contributed by atoms with E-state index in [1.54, 1.807) is 0 Å². The number of aromatic nitrogens is 4. The molecule has 3 aromatic rings. The van der Waals surface area contributed by atoms with Crippen molar-refractivity contribution in [2.24, 2.45) is 0 Å². The van der Waals surface area contributed by atoms with E-state index < -0.39 is 0 Å². The van der Waals surface area contributed by atoms with Gasteiger partial charge in [0.15, 0.2) is 0 Å². The molecule has 0 aliphatic carbocycles. The van der Waals surface area contributed by atoms with Crippen LogP contribution in [-0.4, -0.2) is 19.6 Å². The zero-order valence-corrected chi connectivity index (χ0v) is 11.9. The van der Waals surface area contributed by atoms with Crippen LogP contribution in [0.1, 0.15) is 0 Å². The van der Waals surface area contributed by atoms with Crippen LogP contribution in [0, 0.1) is 0 Å². The monoisotopic (exact) mass is 342 g/mol. The molecule has 0 saturated heterocycles. The third kappa shape index (κ3) is 1.88. The second kappa shape index (κ2) is 4.50. The lowest BCUT2D eigenvalue weighted by Gasteiger charge is -2.07. The van der Waals surface area contributed by atoms with Crippen molar-refractivity contribution in [3.05, 3.63) is 45.4 Å². The van der Waals surface area contributed by atoms with Crippen molar-refractivity contribution in [3.8, 4) is 11.1 Å². The Morgan fingerprint density at radius 3 is 2.83 bits per heavy atom. The highest BCUT2D eigenvalue weighted by molar-refractivity contribution is 9.10. The average Bonchev–Trinajstić information content (AvgIpc) is 2.77. The zero-order chi connectivity index (χ0) is 12.7. The molecule has 1 aromatic carbocycles. The molecule has 0 saturated carbocycles. The van der Waals surface area contributed by atoms with E-state index in [0.717, 1.165) is 10.0 Å². The molecule has 0 fully saturated rings. The fraction of sp³-hybridized carbons (Fsp3) is 0. The van der Waals surface area contributed by atoms with E-state index in [9.17, 15) is 0 Å². The molecule has 4 nitrogen and oxygen atoms in total. The number of hydrogen-bond donors (Lipinski definition) is 0. The third-order valence-corrected chi connectivity index (χ3v) is 3.56. The highest BCUT2D eigenvalue weighted by Gasteiger charge is 2.15. The first-order valence-corrected chi connectivity index (χ1v) is 6.52. The molecule has 0 N–H and O–H groups in total. The molecule has 18 heavy (non-hydrogen) atoms. The van der Waals surface area contributed by atoms with Crippen molar-refractivity contribution < 1.29 is 0 Å². The highest BCUT2D eigenvalue weighted by atomic mass is 79.9. The van der Waals surface area contributed by atoms with Crippen molar-refractivity contribution in [3.63, 3.8) is 0 Å². The SMILES string of the molecule is Clc1nc2ncnn2c(Cl)c1-c1cccc(Br)c1. The lowest BCUT2D eigenvalue weighted by Crippen LogP contribution is -1.97. The van der Waals surface area contributed by atoms with Gasteiger partial charge in [-0.2, -0.15) is 19.6 Å². The molecule has 0 atom stereocenters. The summed E-state index contributed by atoms with van der Waals surface area (Å²) in [5.41, 5.74) is 1.50. The van der Waals surface area contributed by atoms with E-state index in [1.807, 2.05) is 24.3 Å². The van der Waals surface area contributed by atoms with Crippen molar-refractivity contribution >= 4 is 44.9 Å². The molecule has 7 heteroatoms. The summed E-state index contributed by atoms with van der Waals surface area (Å²) < 4.78 is 2.38. The third-order valence-electron chi connectivity index (χ3n) is 2.44. The van der Waals surface area contributed by atoms with E-state index in [2.05, 4.69) is 31.0 Å². The summed E-state index contributed by atoms with van der Waals surface area (Å²) in [5.74, 6) is 0.378. The molecule has 90 valence electrons. The Labute approximate surface area is 121 Å². The van der Waals surface area contributed by atoms with Gasteiger partial charge in [-0.1, -0.05) is 51.3 Å². The number of halogens is 3. The summed E-state index contributed by atoms with van der Waals surface area (Å²) in [6, 6.07) is 7.64. The fourth-order valence-corrected chi connectivity index (χ4v) is 2.71. The van der Waals surface area contributed by atoms with Gasteiger partial charge in [0.2, 0.25) is 0 Å². The minimum Gasteiger partial charge on any atom is -0.198 e. The number of fused-ring (bicyclic) bond motifs is 1. The summed E-state index contributed by atoms with van der Waals surface area (Å²) in [6.45, 7) is 0. The number of nitrogens with zero attached hydrogens (tertiary/aromatic N) is 4. The molecular weight excluding hydrogens is 339 g/mol. The molecule has 0 aliphatic heterocycles. The molecule has 0 aliphatic rings. The number of rotatable bonds is 1. The maximum absolute atomic E-state index is 6.30. The molecule has 3 rings (SSSR count). The van der Waals surface area contributed by atoms with Crippen LogP contribution < -0.4 is 0 Å². The maximum atomic E-state index is 6.30. The summed E-state index contributed by atoms with van der Waals surface area (Å²) >= 11 is 15.9. The van der Waals surface area contributed by atoms with Gasteiger partial charge in [0.25, 0.3) is 5.78 Å². The summed E-state index contributed by atoms with van der Waals surface area (Å²) in [5, 5.41) is 4.70. The predicted molar refractivity (Wildman–Crippen MR) is 73.9 cm³/mol. The van der Waals surface area contributed by atoms with Gasteiger partial charge in [0.1, 0.15) is 16.6 Å². The Morgan fingerprint density at radius 1 is 1.22 bits per heavy atom. The minimum atomic E-state index is 0.304. The van der Waals surface area contributed by atoms with Crippen LogP contribution in [0.25, 0.3) is 16.9 Å². The molecule has 0 radical (unpaired) electrons. The standard InChI is InChI=1S/C11H5BrCl2N4/c12-7-3-1-2-6(4-7)8-9(13)17-11-15-5-16-18(11)10(8)14/h1-5H. The van der Waals surface area contributed by atoms with Crippen LogP contribution in [0.5, 0.6) is 0 Å². The lowest BCUT2D eigenvalue weighted by atomic mass is 10.1. The van der Waals surface area contributed by atoms with Gasteiger partial charge in [-0.25, -0.2) is 0 Å². The highest BCUT2D eigenvalue weighted by Crippen LogP contribution is 2.34. The first kappa shape index (κ1) is 11.9. The van der Waals surface area contributed by atoms with Crippen LogP contribution in [0.3, 0.4) is 0 Å². The largest absolute Gasteiger partial charge is 0.255 e. The van der Waals surface area contributed by atoms with Crippen LogP contribution in [0.2, 0.25) is 10.3 Å². The molecular formula is C11H5BrCl2N4. The molecule has 0 bridgehead atoms. The van der Waals surface area contributed by atoms with Crippen molar-refractivity contribution in [1.82, 2.24) is 19.6 Å². The van der Waals surface area contributed by atoms with Crippen LogP contribution in [0.15, 0.2) is 35.1 Å². The first-order chi connectivity index (χ1) is 8.66. The van der Waals surface area contributed by atoms with E-state index in [4.69, 9.17) is 23.2 Å². The molecule has 2 heterocycles. The first-order valence-electron chi connectivity index (χ1n) is 4.97. The van der Waals surface area contributed by atoms with Gasteiger partial charge in [0, 0.05) is 4.47 Å². The lowest BCUT2D eigenvalue weighted by molar-refractivity contribution is 0.942. The fourth-order valence-electron chi connectivity index (χ4n) is 1.67. The molecule has 0 unspecified atom stereocenters. The predicted octanol–water partition coefficient (Wildman–Crippen LogP) is 3.86. The van der Waals surface area contributed by atoms with Crippen molar-refractivity contribution in [2.45, 2.75) is 0 Å². The quantitative estimate of drug-likeness (QED) is 0.630. The average molecular weight is 344 g/mol. The van der Waals surface area contributed by atoms with Gasteiger partial charge in [-0.05, 0) is 17.7 Å².